The van der Waals surface area contributed by atoms with Crippen molar-refractivity contribution < 1.29 is 0 Å². The molecule has 0 atom stereocenters. The highest BCUT2D eigenvalue weighted by atomic mass is 15.1. The Morgan fingerprint density at radius 2 is 0.671 bits per heavy atom. The average molecular weight is 891 g/mol. The fraction of sp³-hybridized carbons (Fsp3) is 0. The van der Waals surface area contributed by atoms with Crippen molar-refractivity contribution in [3.63, 3.8) is 0 Å². The molecule has 0 aliphatic heterocycles. The van der Waals surface area contributed by atoms with Gasteiger partial charge in [0.15, 0.2) is 0 Å². The number of para-hydroxylation sites is 2. The molecule has 1 aromatic heterocycles. The van der Waals surface area contributed by atoms with Crippen molar-refractivity contribution in [1.29, 1.82) is 0 Å². The number of hydrogen-bond donors (Lipinski definition) is 0. The van der Waals surface area contributed by atoms with Gasteiger partial charge in [-0.1, -0.05) is 200 Å². The van der Waals surface area contributed by atoms with E-state index in [2.05, 4.69) is 289 Å². The Kier molecular flexibility index (Phi) is 10.2. The van der Waals surface area contributed by atoms with Crippen molar-refractivity contribution in [3.05, 3.63) is 279 Å². The van der Waals surface area contributed by atoms with Crippen LogP contribution in [0, 0.1) is 0 Å². The number of nitrogens with zero attached hydrogens (tertiary/aromatic N) is 2. The summed E-state index contributed by atoms with van der Waals surface area (Å²) in [5.41, 5.74) is 18.7. The molecule has 0 unspecified atom stereocenters. The lowest BCUT2D eigenvalue weighted by Gasteiger charge is -2.26. The molecule has 0 fully saturated rings. The topological polar surface area (TPSA) is 8.17 Å². The van der Waals surface area contributed by atoms with E-state index in [9.17, 15) is 0 Å². The van der Waals surface area contributed by atoms with Gasteiger partial charge in [-0.05, 0) is 156 Å². The summed E-state index contributed by atoms with van der Waals surface area (Å²) in [5, 5.41) is 7.56. The van der Waals surface area contributed by atoms with Gasteiger partial charge in [0.1, 0.15) is 0 Å². The van der Waals surface area contributed by atoms with Crippen LogP contribution in [0.3, 0.4) is 0 Å². The van der Waals surface area contributed by atoms with Crippen LogP contribution >= 0.6 is 0 Å². The molecule has 0 saturated heterocycles. The normalized spacial score (nSPS) is 11.4. The van der Waals surface area contributed by atoms with Crippen LogP contribution in [0.25, 0.3) is 105 Å². The van der Waals surface area contributed by atoms with Crippen LogP contribution in [-0.4, -0.2) is 4.57 Å². The van der Waals surface area contributed by atoms with Crippen LogP contribution in [0.1, 0.15) is 0 Å². The summed E-state index contributed by atoms with van der Waals surface area (Å²) in [7, 11) is 0. The van der Waals surface area contributed by atoms with E-state index in [1.807, 2.05) is 0 Å². The Hall–Kier alpha value is -9.24. The molecule has 0 amide bonds. The van der Waals surface area contributed by atoms with Gasteiger partial charge in [-0.15, -0.1) is 0 Å². The number of anilines is 3. The molecule has 70 heavy (non-hydrogen) atoms. The fourth-order valence-corrected chi connectivity index (χ4v) is 10.5. The Bertz CT molecular complexity index is 3950. The predicted octanol–water partition coefficient (Wildman–Crippen LogP) is 18.9. The number of aromatic nitrogens is 1. The molecule has 13 aromatic rings. The SMILES string of the molecule is c1ccc(-c2cc(-c3ccccc3)cc(-c3ccc(N(c4ccc(-c5ccc6c7ccccc7n(-c7ccccc7)c6c5)cc4)c4ccc(-c5cccc6c5ccc5ccccc56)cc4)cc3)c2)cc1. The average Bonchev–Trinajstić information content (AvgIpc) is 3.78. The van der Waals surface area contributed by atoms with Gasteiger partial charge >= 0.3 is 0 Å². The van der Waals surface area contributed by atoms with E-state index in [4.69, 9.17) is 0 Å². The molecule has 0 aliphatic carbocycles. The second kappa shape index (κ2) is 17.4. The second-order valence-electron chi connectivity index (χ2n) is 18.1. The van der Waals surface area contributed by atoms with Gasteiger partial charge < -0.3 is 9.47 Å². The van der Waals surface area contributed by atoms with Crippen molar-refractivity contribution in [1.82, 2.24) is 4.57 Å². The van der Waals surface area contributed by atoms with Crippen molar-refractivity contribution in [2.45, 2.75) is 0 Å². The summed E-state index contributed by atoms with van der Waals surface area (Å²) >= 11 is 0. The molecule has 0 spiro atoms. The number of hydrogen-bond acceptors (Lipinski definition) is 1. The van der Waals surface area contributed by atoms with E-state index >= 15 is 0 Å². The van der Waals surface area contributed by atoms with E-state index in [0.717, 1.165) is 33.9 Å². The predicted molar refractivity (Wildman–Crippen MR) is 298 cm³/mol. The van der Waals surface area contributed by atoms with Crippen molar-refractivity contribution >= 4 is 60.4 Å². The first-order chi connectivity index (χ1) is 34.7. The third-order valence-electron chi connectivity index (χ3n) is 14.0. The lowest BCUT2D eigenvalue weighted by atomic mass is 9.93. The third kappa shape index (κ3) is 7.40. The molecule has 2 nitrogen and oxygen atoms in total. The van der Waals surface area contributed by atoms with Gasteiger partial charge in [0.2, 0.25) is 0 Å². The van der Waals surface area contributed by atoms with Crippen molar-refractivity contribution in [2.24, 2.45) is 0 Å². The van der Waals surface area contributed by atoms with Gasteiger partial charge in [-0.25, -0.2) is 0 Å². The molecule has 13 rings (SSSR count). The minimum Gasteiger partial charge on any atom is -0.311 e. The van der Waals surface area contributed by atoms with Crippen LogP contribution in [-0.2, 0) is 0 Å². The first-order valence-electron chi connectivity index (χ1n) is 24.1. The smallest absolute Gasteiger partial charge is 0.0547 e. The molecule has 328 valence electrons. The zero-order valence-electron chi connectivity index (χ0n) is 38.5. The molecule has 0 N–H and O–H groups in total. The Morgan fingerprint density at radius 3 is 1.29 bits per heavy atom. The highest BCUT2D eigenvalue weighted by Crippen LogP contribution is 2.41. The van der Waals surface area contributed by atoms with Crippen LogP contribution in [0.4, 0.5) is 17.1 Å². The zero-order valence-corrected chi connectivity index (χ0v) is 38.5. The highest BCUT2D eigenvalue weighted by Gasteiger charge is 2.17. The number of rotatable bonds is 9. The quantitative estimate of drug-likeness (QED) is 0.131. The molecule has 0 bridgehead atoms. The second-order valence-corrected chi connectivity index (χ2v) is 18.1. The van der Waals surface area contributed by atoms with Crippen molar-refractivity contribution in [2.75, 3.05) is 4.90 Å². The molecule has 2 heteroatoms. The summed E-state index contributed by atoms with van der Waals surface area (Å²) in [6, 6.07) is 102. The van der Waals surface area contributed by atoms with Gasteiger partial charge in [0.25, 0.3) is 0 Å². The molecule has 0 aliphatic rings. The molecule has 1 heterocycles. The maximum absolute atomic E-state index is 2.39. The summed E-state index contributed by atoms with van der Waals surface area (Å²) < 4.78 is 2.39. The van der Waals surface area contributed by atoms with E-state index in [-0.39, 0.29) is 0 Å². The van der Waals surface area contributed by atoms with E-state index in [1.54, 1.807) is 0 Å². The molecular formula is C68H46N2. The number of benzene rings is 12. The van der Waals surface area contributed by atoms with E-state index in [0.29, 0.717) is 0 Å². The largest absolute Gasteiger partial charge is 0.311 e. The maximum atomic E-state index is 2.39. The summed E-state index contributed by atoms with van der Waals surface area (Å²) in [6.45, 7) is 0. The maximum Gasteiger partial charge on any atom is 0.0547 e. The van der Waals surface area contributed by atoms with Crippen LogP contribution in [0.15, 0.2) is 279 Å². The lowest BCUT2D eigenvalue weighted by Crippen LogP contribution is -2.09. The monoisotopic (exact) mass is 890 g/mol. The third-order valence-corrected chi connectivity index (χ3v) is 14.0. The van der Waals surface area contributed by atoms with Gasteiger partial charge in [-0.3, -0.25) is 0 Å². The Labute approximate surface area is 408 Å². The fourth-order valence-electron chi connectivity index (χ4n) is 10.5. The summed E-state index contributed by atoms with van der Waals surface area (Å²) in [4.78, 5) is 2.38. The number of fused-ring (bicyclic) bond motifs is 6. The van der Waals surface area contributed by atoms with Crippen LogP contribution in [0.5, 0.6) is 0 Å². The molecule has 12 aromatic carbocycles. The molecule has 0 saturated carbocycles. The Balaban J connectivity index is 0.903. The lowest BCUT2D eigenvalue weighted by molar-refractivity contribution is 1.18. The summed E-state index contributed by atoms with van der Waals surface area (Å²) in [5.74, 6) is 0. The molecular weight excluding hydrogens is 845 g/mol. The van der Waals surface area contributed by atoms with Crippen LogP contribution in [0.2, 0.25) is 0 Å². The van der Waals surface area contributed by atoms with E-state index < -0.39 is 0 Å². The minimum atomic E-state index is 1.08. The van der Waals surface area contributed by atoms with E-state index in [1.165, 1.54) is 87.9 Å². The minimum absolute atomic E-state index is 1.08. The van der Waals surface area contributed by atoms with Crippen molar-refractivity contribution in [3.8, 4) is 61.3 Å². The first-order valence-corrected chi connectivity index (χ1v) is 24.1. The van der Waals surface area contributed by atoms with Crippen LogP contribution < -0.4 is 4.90 Å². The standard InChI is InChI=1S/C68H46N2/c1-4-15-47(16-5-1)54-43-55(48-17-6-2-7-18-48)45-56(44-54)50-29-37-59(38-30-50)69(60-39-31-52(32-40-60)62-24-14-25-63-61-22-11-10-19-51(61)33-41-64(62)63)58-35-27-49(28-36-58)53-34-42-66-65-23-12-13-26-67(65)70(68(66)46-53)57-20-8-3-9-21-57/h1-46H. The zero-order chi connectivity index (χ0) is 46.4. The first kappa shape index (κ1) is 41.0. The summed E-state index contributed by atoms with van der Waals surface area (Å²) in [6.07, 6.45) is 0. The Morgan fingerprint density at radius 1 is 0.229 bits per heavy atom. The van der Waals surface area contributed by atoms with Gasteiger partial charge in [-0.2, -0.15) is 0 Å². The van der Waals surface area contributed by atoms with Gasteiger partial charge in [0, 0.05) is 33.5 Å². The van der Waals surface area contributed by atoms with Gasteiger partial charge in [0.05, 0.1) is 11.0 Å². The molecule has 0 radical (unpaired) electrons. The highest BCUT2D eigenvalue weighted by molar-refractivity contribution is 6.12.